The van der Waals surface area contributed by atoms with E-state index in [1.807, 2.05) is 6.26 Å². The van der Waals surface area contributed by atoms with Crippen molar-refractivity contribution in [3.8, 4) is 0 Å². The van der Waals surface area contributed by atoms with E-state index in [-0.39, 0.29) is 10.8 Å². The maximum Gasteiger partial charge on any atom is 0.251 e. The molecule has 2 aliphatic rings. The molecule has 12 heteroatoms. The lowest BCUT2D eigenvalue weighted by Crippen LogP contribution is -2.29. The van der Waals surface area contributed by atoms with E-state index in [0.29, 0.717) is 36.9 Å². The number of benzene rings is 1. The van der Waals surface area contributed by atoms with E-state index in [1.165, 1.54) is 28.2 Å². The largest absolute Gasteiger partial charge is 0.356 e. The molecular weight excluding hydrogens is 486 g/mol. The number of aromatic nitrogens is 4. The lowest BCUT2D eigenvalue weighted by atomic mass is 10.2. The second-order valence-electron chi connectivity index (χ2n) is 8.72. The molecule has 3 aromatic rings. The molecule has 0 spiro atoms. The third-order valence-electron chi connectivity index (χ3n) is 6.47. The van der Waals surface area contributed by atoms with Crippen molar-refractivity contribution in [2.75, 3.05) is 43.9 Å². The van der Waals surface area contributed by atoms with Crippen molar-refractivity contribution in [2.45, 2.75) is 42.3 Å². The maximum atomic E-state index is 12.7. The van der Waals surface area contributed by atoms with Gasteiger partial charge in [0.2, 0.25) is 10.0 Å². The molecule has 4 heterocycles. The Morgan fingerprint density at radius 2 is 1.71 bits per heavy atom. The highest BCUT2D eigenvalue weighted by Crippen LogP contribution is 2.28. The Balaban J connectivity index is 1.25. The molecule has 0 aliphatic carbocycles. The lowest BCUT2D eigenvalue weighted by molar-refractivity contribution is 0.0952. The van der Waals surface area contributed by atoms with Crippen LogP contribution in [0.2, 0.25) is 0 Å². The quantitative estimate of drug-likeness (QED) is 0.359. The van der Waals surface area contributed by atoms with Crippen LogP contribution in [0.1, 0.15) is 36.0 Å². The molecule has 0 unspecified atom stereocenters. The molecule has 2 aromatic heterocycles. The van der Waals surface area contributed by atoms with Crippen LogP contribution >= 0.6 is 11.8 Å². The van der Waals surface area contributed by atoms with Gasteiger partial charge in [-0.1, -0.05) is 11.8 Å². The molecule has 186 valence electrons. The molecule has 0 saturated carbocycles. The molecule has 0 atom stereocenters. The molecule has 0 bridgehead atoms. The summed E-state index contributed by atoms with van der Waals surface area (Å²) in [5, 5.41) is 9.02. The first-order valence-electron chi connectivity index (χ1n) is 11.9. The Hall–Kier alpha value is -2.70. The normalized spacial score (nSPS) is 16.9. The number of nitrogens with one attached hydrogen (secondary N) is 1. The van der Waals surface area contributed by atoms with Crippen LogP contribution in [0.3, 0.4) is 0 Å². The maximum absolute atomic E-state index is 12.7. The van der Waals surface area contributed by atoms with Gasteiger partial charge in [-0.15, -0.1) is 0 Å². The summed E-state index contributed by atoms with van der Waals surface area (Å²) < 4.78 is 28.7. The van der Waals surface area contributed by atoms with E-state index >= 15 is 0 Å². The molecule has 2 saturated heterocycles. The zero-order valence-corrected chi connectivity index (χ0v) is 21.3. The molecule has 5 rings (SSSR count). The number of rotatable bonds is 8. The highest BCUT2D eigenvalue weighted by molar-refractivity contribution is 7.98. The average Bonchev–Trinajstić information content (AvgIpc) is 3.66. The summed E-state index contributed by atoms with van der Waals surface area (Å²) in [5.41, 5.74) is 1.18. The van der Waals surface area contributed by atoms with Crippen LogP contribution in [0.15, 0.2) is 40.5 Å². The molecule has 2 aliphatic heterocycles. The fourth-order valence-corrected chi connectivity index (χ4v) is 6.45. The number of hydrogen-bond acceptors (Lipinski definition) is 8. The van der Waals surface area contributed by atoms with Gasteiger partial charge in [-0.25, -0.2) is 23.1 Å². The van der Waals surface area contributed by atoms with Gasteiger partial charge < -0.3 is 10.2 Å². The second-order valence-corrected chi connectivity index (χ2v) is 11.4. The van der Waals surface area contributed by atoms with Gasteiger partial charge in [0.15, 0.2) is 10.8 Å². The highest BCUT2D eigenvalue weighted by atomic mass is 32.2. The SMILES string of the molecule is CSc1nc(N2CCCC2)c2cnn(CCNC(=O)c3ccc(S(=O)(=O)N4CCCC4)cc3)c2n1. The number of fused-ring (bicyclic) bond motifs is 1. The summed E-state index contributed by atoms with van der Waals surface area (Å²) >= 11 is 1.50. The van der Waals surface area contributed by atoms with Crippen LogP contribution in [0.25, 0.3) is 11.0 Å². The minimum Gasteiger partial charge on any atom is -0.356 e. The molecule has 1 amide bonds. The summed E-state index contributed by atoms with van der Waals surface area (Å²) in [6, 6.07) is 6.12. The summed E-state index contributed by atoms with van der Waals surface area (Å²) in [6.45, 7) is 3.89. The number of carbonyl (C=O) groups is 1. The van der Waals surface area contributed by atoms with Gasteiger partial charge >= 0.3 is 0 Å². The fraction of sp³-hybridized carbons (Fsp3) is 0.478. The van der Waals surface area contributed by atoms with Gasteiger partial charge in [-0.3, -0.25) is 4.79 Å². The van der Waals surface area contributed by atoms with E-state index in [2.05, 4.69) is 20.3 Å². The number of thioether (sulfide) groups is 1. The van der Waals surface area contributed by atoms with Gasteiger partial charge in [0.05, 0.1) is 23.0 Å². The fourth-order valence-electron chi connectivity index (χ4n) is 4.58. The first-order chi connectivity index (χ1) is 17.0. The molecule has 1 N–H and O–H groups in total. The highest BCUT2D eigenvalue weighted by Gasteiger charge is 2.27. The van der Waals surface area contributed by atoms with Gasteiger partial charge in [-0.05, 0) is 56.2 Å². The zero-order chi connectivity index (χ0) is 24.4. The Morgan fingerprint density at radius 3 is 2.40 bits per heavy atom. The second kappa shape index (κ2) is 10.1. The van der Waals surface area contributed by atoms with Crippen molar-refractivity contribution in [1.29, 1.82) is 0 Å². The molecule has 10 nitrogen and oxygen atoms in total. The Labute approximate surface area is 209 Å². The Bertz CT molecular complexity index is 1310. The minimum atomic E-state index is -3.49. The smallest absolute Gasteiger partial charge is 0.251 e. The van der Waals surface area contributed by atoms with Gasteiger partial charge in [-0.2, -0.15) is 9.40 Å². The van der Waals surface area contributed by atoms with Gasteiger partial charge in [0.25, 0.3) is 5.91 Å². The monoisotopic (exact) mass is 515 g/mol. The van der Waals surface area contributed by atoms with Gasteiger partial charge in [0, 0.05) is 38.3 Å². The number of amides is 1. The first-order valence-corrected chi connectivity index (χ1v) is 14.5. The van der Waals surface area contributed by atoms with Crippen LogP contribution in [-0.4, -0.2) is 77.4 Å². The zero-order valence-electron chi connectivity index (χ0n) is 19.7. The van der Waals surface area contributed by atoms with E-state index < -0.39 is 10.0 Å². The molecular formula is C23H29N7O3S2. The van der Waals surface area contributed by atoms with Gasteiger partial charge in [0.1, 0.15) is 5.82 Å². The van der Waals surface area contributed by atoms with E-state index in [1.54, 1.807) is 23.0 Å². The van der Waals surface area contributed by atoms with Crippen molar-refractivity contribution >= 4 is 44.5 Å². The predicted octanol–water partition coefficient (Wildman–Crippen LogP) is 2.36. The minimum absolute atomic E-state index is 0.219. The van der Waals surface area contributed by atoms with Crippen molar-refractivity contribution in [3.05, 3.63) is 36.0 Å². The molecule has 1 aromatic carbocycles. The third-order valence-corrected chi connectivity index (χ3v) is 8.93. The van der Waals surface area contributed by atoms with Crippen LogP contribution in [0.5, 0.6) is 0 Å². The first kappa shape index (κ1) is 24.0. The predicted molar refractivity (Wildman–Crippen MR) is 135 cm³/mol. The summed E-state index contributed by atoms with van der Waals surface area (Å²) in [4.78, 5) is 24.5. The number of carbonyl (C=O) groups excluding carboxylic acids is 1. The van der Waals surface area contributed by atoms with Crippen molar-refractivity contribution in [3.63, 3.8) is 0 Å². The van der Waals surface area contributed by atoms with Crippen LogP contribution in [-0.2, 0) is 16.6 Å². The average molecular weight is 516 g/mol. The Kier molecular flexibility index (Phi) is 6.94. The van der Waals surface area contributed by atoms with E-state index in [4.69, 9.17) is 4.98 Å². The van der Waals surface area contributed by atoms with Crippen molar-refractivity contribution < 1.29 is 13.2 Å². The van der Waals surface area contributed by atoms with Crippen molar-refractivity contribution in [2.24, 2.45) is 0 Å². The molecule has 35 heavy (non-hydrogen) atoms. The molecule has 2 fully saturated rings. The lowest BCUT2D eigenvalue weighted by Gasteiger charge is -2.17. The number of sulfonamides is 1. The number of hydrogen-bond donors (Lipinski definition) is 1. The van der Waals surface area contributed by atoms with E-state index in [9.17, 15) is 13.2 Å². The number of anilines is 1. The molecule has 0 radical (unpaired) electrons. The van der Waals surface area contributed by atoms with Crippen LogP contribution < -0.4 is 10.2 Å². The van der Waals surface area contributed by atoms with Crippen LogP contribution in [0.4, 0.5) is 5.82 Å². The summed E-state index contributed by atoms with van der Waals surface area (Å²) in [7, 11) is -3.49. The van der Waals surface area contributed by atoms with Crippen molar-refractivity contribution in [1.82, 2.24) is 29.4 Å². The number of nitrogens with zero attached hydrogens (tertiary/aromatic N) is 6. The van der Waals surface area contributed by atoms with Crippen LogP contribution in [0, 0.1) is 0 Å². The Morgan fingerprint density at radius 1 is 1.03 bits per heavy atom. The third kappa shape index (κ3) is 4.87. The topological polar surface area (TPSA) is 113 Å². The standard InChI is InChI=1S/C23H29N7O3S2/c1-34-23-26-20(28-11-2-3-12-28)19-16-25-30(21(19)27-23)15-10-24-22(31)17-6-8-18(9-7-17)35(32,33)29-13-4-5-14-29/h6-9,16H,2-5,10-15H2,1H3,(H,24,31). The summed E-state index contributed by atoms with van der Waals surface area (Å²) in [5.74, 6) is 0.667. The summed E-state index contributed by atoms with van der Waals surface area (Å²) in [6.07, 6.45) is 7.84. The van der Waals surface area contributed by atoms with E-state index in [0.717, 1.165) is 55.6 Å².